The standard InChI is InChI=1S/C20H22ClNO2.ClH/c1-20(15-8-10-16(21)11-9-15)14-23-19-17(6-5-7-18(19)24-20)22-12-3-2-4-13-22;/h5-11H,2-4,12-14H2,1H3;1H. The van der Waals surface area contributed by atoms with Crippen LogP contribution in [0.4, 0.5) is 5.69 Å². The first-order valence-electron chi connectivity index (χ1n) is 8.62. The van der Waals surface area contributed by atoms with Crippen LogP contribution in [0.5, 0.6) is 11.5 Å². The summed E-state index contributed by atoms with van der Waals surface area (Å²) < 4.78 is 12.6. The Morgan fingerprint density at radius 3 is 2.44 bits per heavy atom. The molecule has 1 unspecified atom stereocenters. The summed E-state index contributed by atoms with van der Waals surface area (Å²) in [7, 11) is 0. The summed E-state index contributed by atoms with van der Waals surface area (Å²) >= 11 is 6.01. The lowest BCUT2D eigenvalue weighted by atomic mass is 9.95. The van der Waals surface area contributed by atoms with Gasteiger partial charge in [-0.3, -0.25) is 0 Å². The van der Waals surface area contributed by atoms with Gasteiger partial charge in [-0.05, 0) is 56.0 Å². The number of benzene rings is 2. The van der Waals surface area contributed by atoms with Crippen LogP contribution in [-0.2, 0) is 5.60 Å². The zero-order valence-corrected chi connectivity index (χ0v) is 15.9. The molecule has 0 radical (unpaired) electrons. The second kappa shape index (κ2) is 7.35. The van der Waals surface area contributed by atoms with Gasteiger partial charge in [0.2, 0.25) is 0 Å². The Bertz CT molecular complexity index is 729. The predicted octanol–water partition coefficient (Wildman–Crippen LogP) is 5.44. The van der Waals surface area contributed by atoms with E-state index in [1.807, 2.05) is 30.3 Å². The smallest absolute Gasteiger partial charge is 0.184 e. The maximum absolute atomic E-state index is 6.38. The minimum Gasteiger partial charge on any atom is -0.483 e. The molecule has 25 heavy (non-hydrogen) atoms. The molecule has 0 spiro atoms. The molecule has 0 saturated carbocycles. The van der Waals surface area contributed by atoms with Gasteiger partial charge in [-0.1, -0.05) is 29.8 Å². The maximum Gasteiger partial charge on any atom is 0.184 e. The van der Waals surface area contributed by atoms with Crippen molar-refractivity contribution in [3.63, 3.8) is 0 Å². The number of anilines is 1. The lowest BCUT2D eigenvalue weighted by Crippen LogP contribution is -2.40. The van der Waals surface area contributed by atoms with Crippen molar-refractivity contribution in [3.8, 4) is 11.5 Å². The van der Waals surface area contributed by atoms with Crippen LogP contribution in [0.2, 0.25) is 5.02 Å². The molecule has 2 aromatic carbocycles. The number of hydrogen-bond acceptors (Lipinski definition) is 3. The zero-order chi connectivity index (χ0) is 16.6. The molecular formula is C20H23Cl2NO2. The highest BCUT2D eigenvalue weighted by Crippen LogP contribution is 2.45. The van der Waals surface area contributed by atoms with Gasteiger partial charge in [-0.2, -0.15) is 0 Å². The van der Waals surface area contributed by atoms with E-state index in [1.54, 1.807) is 0 Å². The van der Waals surface area contributed by atoms with Crippen LogP contribution in [-0.4, -0.2) is 19.7 Å². The third kappa shape index (κ3) is 3.54. The average molecular weight is 380 g/mol. The van der Waals surface area contributed by atoms with E-state index in [0.29, 0.717) is 6.61 Å². The van der Waals surface area contributed by atoms with Gasteiger partial charge in [-0.15, -0.1) is 12.4 Å². The topological polar surface area (TPSA) is 21.7 Å². The van der Waals surface area contributed by atoms with Crippen LogP contribution in [0.25, 0.3) is 0 Å². The monoisotopic (exact) mass is 379 g/mol. The number of para-hydroxylation sites is 1. The molecule has 1 fully saturated rings. The largest absolute Gasteiger partial charge is 0.483 e. The summed E-state index contributed by atoms with van der Waals surface area (Å²) in [5, 5.41) is 0.729. The number of nitrogens with zero attached hydrogens (tertiary/aromatic N) is 1. The quantitative estimate of drug-likeness (QED) is 0.693. The van der Waals surface area contributed by atoms with Crippen LogP contribution in [0.3, 0.4) is 0 Å². The van der Waals surface area contributed by atoms with Crippen molar-refractivity contribution in [1.29, 1.82) is 0 Å². The molecule has 2 aromatic rings. The van der Waals surface area contributed by atoms with E-state index in [9.17, 15) is 0 Å². The summed E-state index contributed by atoms with van der Waals surface area (Å²) in [6.45, 7) is 4.74. The number of hydrogen-bond donors (Lipinski definition) is 0. The highest BCUT2D eigenvalue weighted by molar-refractivity contribution is 6.30. The van der Waals surface area contributed by atoms with Crippen LogP contribution in [0.1, 0.15) is 31.7 Å². The fraction of sp³-hybridized carbons (Fsp3) is 0.400. The normalized spacial score (nSPS) is 22.2. The molecular weight excluding hydrogens is 357 g/mol. The highest BCUT2D eigenvalue weighted by atomic mass is 35.5. The first kappa shape index (κ1) is 18.2. The van der Waals surface area contributed by atoms with E-state index < -0.39 is 5.60 Å². The molecule has 5 heteroatoms. The minimum absolute atomic E-state index is 0. The van der Waals surface area contributed by atoms with Gasteiger partial charge in [-0.25, -0.2) is 0 Å². The van der Waals surface area contributed by atoms with Crippen molar-refractivity contribution >= 4 is 29.7 Å². The van der Waals surface area contributed by atoms with Crippen molar-refractivity contribution in [1.82, 2.24) is 0 Å². The van der Waals surface area contributed by atoms with Gasteiger partial charge in [0.25, 0.3) is 0 Å². The van der Waals surface area contributed by atoms with Gasteiger partial charge in [0, 0.05) is 18.1 Å². The van der Waals surface area contributed by atoms with Gasteiger partial charge < -0.3 is 14.4 Å². The summed E-state index contributed by atoms with van der Waals surface area (Å²) in [4.78, 5) is 2.41. The predicted molar refractivity (Wildman–Crippen MR) is 105 cm³/mol. The van der Waals surface area contributed by atoms with Gasteiger partial charge in [0.1, 0.15) is 6.61 Å². The number of rotatable bonds is 2. The lowest BCUT2D eigenvalue weighted by Gasteiger charge is -2.38. The number of fused-ring (bicyclic) bond motifs is 1. The number of halogens is 2. The molecule has 2 aliphatic heterocycles. The Kier molecular flexibility index (Phi) is 5.35. The number of ether oxygens (including phenoxy) is 2. The fourth-order valence-corrected chi connectivity index (χ4v) is 3.67. The van der Waals surface area contributed by atoms with Crippen LogP contribution >= 0.6 is 24.0 Å². The molecule has 134 valence electrons. The van der Waals surface area contributed by atoms with E-state index in [2.05, 4.69) is 24.0 Å². The molecule has 3 nitrogen and oxygen atoms in total. The fourth-order valence-electron chi connectivity index (χ4n) is 3.54. The zero-order valence-electron chi connectivity index (χ0n) is 14.3. The second-order valence-electron chi connectivity index (χ2n) is 6.78. The molecule has 2 aliphatic rings. The molecule has 0 aromatic heterocycles. The Morgan fingerprint density at radius 2 is 1.72 bits per heavy atom. The summed E-state index contributed by atoms with van der Waals surface area (Å²) in [5.41, 5.74) is 1.73. The van der Waals surface area contributed by atoms with Crippen molar-refractivity contribution in [2.24, 2.45) is 0 Å². The first-order chi connectivity index (χ1) is 11.7. The summed E-state index contributed by atoms with van der Waals surface area (Å²) in [6.07, 6.45) is 3.80. The second-order valence-corrected chi connectivity index (χ2v) is 7.22. The molecule has 2 heterocycles. The molecule has 0 aliphatic carbocycles. The van der Waals surface area contributed by atoms with Crippen LogP contribution in [0.15, 0.2) is 42.5 Å². The Morgan fingerprint density at radius 1 is 1.00 bits per heavy atom. The molecule has 0 amide bonds. The van der Waals surface area contributed by atoms with Crippen molar-refractivity contribution < 1.29 is 9.47 Å². The van der Waals surface area contributed by atoms with Crippen molar-refractivity contribution in [2.75, 3.05) is 24.6 Å². The first-order valence-corrected chi connectivity index (χ1v) is 8.99. The molecule has 1 saturated heterocycles. The van der Waals surface area contributed by atoms with Crippen LogP contribution < -0.4 is 14.4 Å². The molecule has 4 rings (SSSR count). The van der Waals surface area contributed by atoms with Gasteiger partial charge in [0.15, 0.2) is 17.1 Å². The van der Waals surface area contributed by atoms with E-state index in [4.69, 9.17) is 21.1 Å². The lowest BCUT2D eigenvalue weighted by molar-refractivity contribution is 0.00281. The Balaban J connectivity index is 0.00000182. The maximum atomic E-state index is 6.38. The molecule has 0 bridgehead atoms. The van der Waals surface area contributed by atoms with Crippen LogP contribution in [0, 0.1) is 0 Å². The van der Waals surface area contributed by atoms with Crippen molar-refractivity contribution in [3.05, 3.63) is 53.1 Å². The molecule has 1 atom stereocenters. The van der Waals surface area contributed by atoms with E-state index in [0.717, 1.165) is 40.9 Å². The Hall–Kier alpha value is -1.58. The van der Waals surface area contributed by atoms with E-state index in [-0.39, 0.29) is 12.4 Å². The third-order valence-electron chi connectivity index (χ3n) is 4.94. The highest BCUT2D eigenvalue weighted by Gasteiger charge is 2.36. The Labute approximate surface area is 160 Å². The molecule has 0 N–H and O–H groups in total. The minimum atomic E-state index is -0.502. The summed E-state index contributed by atoms with van der Waals surface area (Å²) in [6, 6.07) is 14.0. The van der Waals surface area contributed by atoms with Gasteiger partial charge in [0.05, 0.1) is 5.69 Å². The number of piperidine rings is 1. The van der Waals surface area contributed by atoms with Gasteiger partial charge >= 0.3 is 0 Å². The SMILES string of the molecule is CC1(c2ccc(Cl)cc2)COc2c(cccc2N2CCCCC2)O1.Cl. The van der Waals surface area contributed by atoms with E-state index >= 15 is 0 Å². The van der Waals surface area contributed by atoms with E-state index in [1.165, 1.54) is 19.3 Å². The van der Waals surface area contributed by atoms with Crippen molar-refractivity contribution in [2.45, 2.75) is 31.8 Å². The average Bonchev–Trinajstić information content (AvgIpc) is 2.62. The summed E-state index contributed by atoms with van der Waals surface area (Å²) in [5.74, 6) is 1.70. The third-order valence-corrected chi connectivity index (χ3v) is 5.19.